The molecule has 2 rings (SSSR count). The Balaban J connectivity index is 0.000000569. The van der Waals surface area contributed by atoms with Gasteiger partial charge in [0, 0.05) is 16.8 Å². The lowest BCUT2D eigenvalue weighted by molar-refractivity contribution is 0.577. The Morgan fingerprint density at radius 1 is 0.757 bits per heavy atom. The molecular formula is C36H53N. The second-order valence-corrected chi connectivity index (χ2v) is 10.8. The van der Waals surface area contributed by atoms with Crippen molar-refractivity contribution in [2.24, 2.45) is 17.6 Å². The van der Waals surface area contributed by atoms with Gasteiger partial charge >= 0.3 is 0 Å². The fourth-order valence-corrected chi connectivity index (χ4v) is 3.28. The zero-order chi connectivity index (χ0) is 28.2. The highest BCUT2D eigenvalue weighted by molar-refractivity contribution is 5.48. The van der Waals surface area contributed by atoms with Crippen LogP contribution in [0.4, 0.5) is 0 Å². The number of hydrogen-bond acceptors (Lipinski definition) is 1. The van der Waals surface area contributed by atoms with Crippen LogP contribution < -0.4 is 5.73 Å². The van der Waals surface area contributed by atoms with Crippen LogP contribution in [-0.2, 0) is 6.42 Å². The zero-order valence-corrected chi connectivity index (χ0v) is 24.9. The van der Waals surface area contributed by atoms with Crippen LogP contribution in [0, 0.1) is 30.6 Å². The summed E-state index contributed by atoms with van der Waals surface area (Å²) in [6.45, 7) is 26.8. The summed E-state index contributed by atoms with van der Waals surface area (Å²) in [5.74, 6) is 8.07. The van der Waals surface area contributed by atoms with Crippen LogP contribution >= 0.6 is 0 Å². The van der Waals surface area contributed by atoms with E-state index in [1.807, 2.05) is 18.2 Å². The fourth-order valence-electron chi connectivity index (χ4n) is 3.28. The lowest BCUT2D eigenvalue weighted by Crippen LogP contribution is -1.96. The standard InChI is InChI=1S/C17H16.C12H22.C7H15N/c1-3-15-9-6-7-11-17(15)13-12-16-10-5-4-8-14(16)2;1-10(2)6-8-12(5)9-7-11(3)4;1-6(2)4-5-7(3)8/h4-11H,3H2,1-2H3;11H,1,5-9H2,2-4H3;6H,3-5,8H2,1-2H3. The fraction of sp³-hybridized carbons (Fsp3) is 0.444. The van der Waals surface area contributed by atoms with E-state index in [-0.39, 0.29) is 0 Å². The molecule has 0 radical (unpaired) electrons. The monoisotopic (exact) mass is 499 g/mol. The van der Waals surface area contributed by atoms with Crippen molar-refractivity contribution in [2.45, 2.75) is 93.4 Å². The second-order valence-electron chi connectivity index (χ2n) is 10.8. The summed E-state index contributed by atoms with van der Waals surface area (Å²) in [5, 5.41) is 0. The average molecular weight is 500 g/mol. The van der Waals surface area contributed by atoms with Gasteiger partial charge in [0.15, 0.2) is 0 Å². The Morgan fingerprint density at radius 2 is 1.27 bits per heavy atom. The van der Waals surface area contributed by atoms with Crippen LogP contribution in [-0.4, -0.2) is 0 Å². The second kappa shape index (κ2) is 20.1. The zero-order valence-electron chi connectivity index (χ0n) is 24.9. The predicted octanol–water partition coefficient (Wildman–Crippen LogP) is 10.2. The number of benzene rings is 2. The molecule has 1 heteroatoms. The normalized spacial score (nSPS) is 9.86. The Morgan fingerprint density at radius 3 is 1.76 bits per heavy atom. The van der Waals surface area contributed by atoms with E-state index in [0.29, 0.717) is 0 Å². The maximum absolute atomic E-state index is 5.35. The molecule has 0 atom stereocenters. The maximum atomic E-state index is 5.35. The van der Waals surface area contributed by atoms with E-state index < -0.39 is 0 Å². The molecule has 2 N–H and O–H groups in total. The van der Waals surface area contributed by atoms with Gasteiger partial charge in [0.2, 0.25) is 0 Å². The van der Waals surface area contributed by atoms with Crippen molar-refractivity contribution in [1.29, 1.82) is 0 Å². The molecule has 0 bridgehead atoms. The SMILES string of the molecule is C=C(C)CCC(=C)CCC(C)C.C=C(N)CCC(C)C.CCc1ccccc1C#Cc1ccccc1C. The first-order valence-corrected chi connectivity index (χ1v) is 13.9. The third-order valence-corrected chi connectivity index (χ3v) is 5.90. The number of nitrogens with two attached hydrogens (primary N) is 1. The molecule has 0 saturated heterocycles. The molecule has 0 unspecified atom stereocenters. The molecule has 0 aromatic heterocycles. The van der Waals surface area contributed by atoms with Crippen LogP contribution in [0.5, 0.6) is 0 Å². The molecule has 37 heavy (non-hydrogen) atoms. The molecule has 0 aliphatic carbocycles. The van der Waals surface area contributed by atoms with E-state index in [2.05, 4.69) is 110 Å². The molecule has 1 nitrogen and oxygen atoms in total. The summed E-state index contributed by atoms with van der Waals surface area (Å²) in [6, 6.07) is 16.6. The smallest absolute Gasteiger partial charge is 0.0280 e. The molecule has 202 valence electrons. The summed E-state index contributed by atoms with van der Waals surface area (Å²) >= 11 is 0. The Kier molecular flexibility index (Phi) is 18.5. The molecular weight excluding hydrogens is 446 g/mol. The first-order chi connectivity index (χ1) is 17.5. The Hall–Kier alpha value is -2.98. The van der Waals surface area contributed by atoms with E-state index in [9.17, 15) is 0 Å². The van der Waals surface area contributed by atoms with E-state index in [1.165, 1.54) is 35.1 Å². The molecule has 0 saturated carbocycles. The third kappa shape index (κ3) is 18.9. The Labute approximate surface area is 230 Å². The van der Waals surface area contributed by atoms with Gasteiger partial charge in [-0.2, -0.15) is 0 Å². The van der Waals surface area contributed by atoms with Crippen LogP contribution in [0.15, 0.2) is 85.1 Å². The minimum absolute atomic E-state index is 0.746. The van der Waals surface area contributed by atoms with Gasteiger partial charge in [-0.25, -0.2) is 0 Å². The summed E-state index contributed by atoms with van der Waals surface area (Å²) in [5.41, 5.74) is 13.6. The van der Waals surface area contributed by atoms with Gasteiger partial charge in [0.25, 0.3) is 0 Å². The van der Waals surface area contributed by atoms with Crippen LogP contribution in [0.2, 0.25) is 0 Å². The van der Waals surface area contributed by atoms with Crippen LogP contribution in [0.3, 0.4) is 0 Å². The molecule has 0 fully saturated rings. The van der Waals surface area contributed by atoms with Gasteiger partial charge < -0.3 is 5.73 Å². The quantitative estimate of drug-likeness (QED) is 0.255. The molecule has 0 aliphatic heterocycles. The highest BCUT2D eigenvalue weighted by Crippen LogP contribution is 2.16. The van der Waals surface area contributed by atoms with Gasteiger partial charge in [0.05, 0.1) is 0 Å². The first-order valence-electron chi connectivity index (χ1n) is 13.9. The highest BCUT2D eigenvalue weighted by Gasteiger charge is 1.98. The van der Waals surface area contributed by atoms with Crippen molar-refractivity contribution in [3.8, 4) is 11.8 Å². The van der Waals surface area contributed by atoms with E-state index in [0.717, 1.165) is 60.8 Å². The van der Waals surface area contributed by atoms with E-state index >= 15 is 0 Å². The van der Waals surface area contributed by atoms with E-state index in [4.69, 9.17) is 5.73 Å². The first kappa shape index (κ1) is 34.0. The predicted molar refractivity (Wildman–Crippen MR) is 168 cm³/mol. The molecule has 2 aromatic carbocycles. The minimum atomic E-state index is 0.746. The largest absolute Gasteiger partial charge is 0.403 e. The maximum Gasteiger partial charge on any atom is 0.0280 e. The number of allylic oxidation sites excluding steroid dienone is 3. The molecule has 0 heterocycles. The van der Waals surface area contributed by atoms with Gasteiger partial charge in [-0.1, -0.05) is 107 Å². The van der Waals surface area contributed by atoms with Crippen molar-refractivity contribution >= 4 is 0 Å². The van der Waals surface area contributed by atoms with Crippen molar-refractivity contribution in [1.82, 2.24) is 0 Å². The van der Waals surface area contributed by atoms with Gasteiger partial charge in [0.1, 0.15) is 0 Å². The molecule has 0 aliphatic rings. The van der Waals surface area contributed by atoms with Gasteiger partial charge in [-0.05, 0) is 93.9 Å². The number of rotatable bonds is 10. The van der Waals surface area contributed by atoms with Crippen molar-refractivity contribution in [2.75, 3.05) is 0 Å². The van der Waals surface area contributed by atoms with Gasteiger partial charge in [-0.15, -0.1) is 6.58 Å². The number of aryl methyl sites for hydroxylation is 2. The summed E-state index contributed by atoms with van der Waals surface area (Å²) in [7, 11) is 0. The number of hydrogen-bond donors (Lipinski definition) is 1. The van der Waals surface area contributed by atoms with Crippen LogP contribution in [0.25, 0.3) is 0 Å². The Bertz CT molecular complexity index is 1010. The van der Waals surface area contributed by atoms with Crippen molar-refractivity contribution in [3.63, 3.8) is 0 Å². The lowest BCUT2D eigenvalue weighted by atomic mass is 9.99. The topological polar surface area (TPSA) is 26.0 Å². The summed E-state index contributed by atoms with van der Waals surface area (Å²) in [4.78, 5) is 0. The summed E-state index contributed by atoms with van der Waals surface area (Å²) < 4.78 is 0. The molecule has 0 spiro atoms. The minimum Gasteiger partial charge on any atom is -0.403 e. The summed E-state index contributed by atoms with van der Waals surface area (Å²) in [6.07, 6.45) is 7.85. The van der Waals surface area contributed by atoms with Crippen LogP contribution in [0.1, 0.15) is 102 Å². The van der Waals surface area contributed by atoms with Crippen molar-refractivity contribution < 1.29 is 0 Å². The molecule has 0 amide bonds. The van der Waals surface area contributed by atoms with Crippen molar-refractivity contribution in [3.05, 3.63) is 107 Å². The highest BCUT2D eigenvalue weighted by atomic mass is 14.5. The lowest BCUT2D eigenvalue weighted by Gasteiger charge is -2.07. The average Bonchev–Trinajstić information content (AvgIpc) is 2.85. The molecule has 2 aromatic rings. The van der Waals surface area contributed by atoms with Gasteiger partial charge in [-0.3, -0.25) is 0 Å². The third-order valence-electron chi connectivity index (χ3n) is 5.90. The van der Waals surface area contributed by atoms with E-state index in [1.54, 1.807) is 0 Å².